The molecule has 6 heteroatoms. The van der Waals surface area contributed by atoms with Crippen LogP contribution >= 0.6 is 11.3 Å². The Labute approximate surface area is 202 Å². The van der Waals surface area contributed by atoms with Crippen molar-refractivity contribution in [1.29, 1.82) is 0 Å². The first-order chi connectivity index (χ1) is 16.4. The third kappa shape index (κ3) is 4.21. The molecule has 1 aromatic heterocycles. The fourth-order valence-electron chi connectivity index (χ4n) is 4.92. The molecule has 1 aliphatic heterocycles. The van der Waals surface area contributed by atoms with Gasteiger partial charge in [0.05, 0.1) is 0 Å². The number of hydrogen-bond donors (Lipinski definition) is 2. The van der Waals surface area contributed by atoms with Gasteiger partial charge in [0.15, 0.2) is 5.78 Å². The molecule has 1 aliphatic carbocycles. The fraction of sp³-hybridized carbons (Fsp3) is 0.214. The van der Waals surface area contributed by atoms with Crippen molar-refractivity contribution in [2.75, 3.05) is 5.32 Å². The normalized spacial score (nSPS) is 20.1. The van der Waals surface area contributed by atoms with E-state index in [2.05, 4.69) is 16.7 Å². The number of allylic oxidation sites excluding steroid dienone is 3. The molecule has 2 atom stereocenters. The standard InChI is InChI=1S/C28H25FN2O2S/c1-16-8-10-18(11-9-16)26-25(28(33)31-21-6-3-5-20(29)15-21)17(2)30-22-13-19(14-23(32)27(22)26)24-7-4-12-34-24/h3-12,15,19,26,30H,13-14H2,1-2H3,(H,31,33)/t19-,26-/m1/s1. The third-order valence-corrected chi connectivity index (χ3v) is 7.55. The molecule has 0 saturated heterocycles. The second-order valence-corrected chi connectivity index (χ2v) is 9.89. The first kappa shape index (κ1) is 22.3. The average molecular weight is 473 g/mol. The molecule has 5 rings (SSSR count). The van der Waals surface area contributed by atoms with Crippen molar-refractivity contribution < 1.29 is 14.0 Å². The van der Waals surface area contributed by atoms with Gasteiger partial charge in [0.1, 0.15) is 5.82 Å². The number of benzene rings is 2. The van der Waals surface area contributed by atoms with Crippen molar-refractivity contribution in [2.24, 2.45) is 0 Å². The molecule has 2 heterocycles. The molecule has 172 valence electrons. The predicted octanol–water partition coefficient (Wildman–Crippen LogP) is 6.20. The summed E-state index contributed by atoms with van der Waals surface area (Å²) in [5.74, 6) is -1.07. The Morgan fingerprint density at radius 2 is 1.85 bits per heavy atom. The van der Waals surface area contributed by atoms with E-state index in [0.717, 1.165) is 23.2 Å². The zero-order valence-electron chi connectivity index (χ0n) is 19.0. The number of Topliss-reactive ketones (excluding diaryl/α,β-unsaturated/α-hetero) is 1. The highest BCUT2D eigenvalue weighted by Crippen LogP contribution is 2.46. The highest BCUT2D eigenvalue weighted by atomic mass is 32.1. The number of anilines is 1. The summed E-state index contributed by atoms with van der Waals surface area (Å²) in [5.41, 5.74) is 5.11. The molecular formula is C28H25FN2O2S. The minimum atomic E-state index is -0.484. The van der Waals surface area contributed by atoms with Crippen molar-refractivity contribution in [3.8, 4) is 0 Å². The molecule has 2 N–H and O–H groups in total. The molecule has 34 heavy (non-hydrogen) atoms. The number of halogens is 1. The summed E-state index contributed by atoms with van der Waals surface area (Å²) < 4.78 is 13.7. The quantitative estimate of drug-likeness (QED) is 0.476. The maximum Gasteiger partial charge on any atom is 0.254 e. The molecule has 0 saturated carbocycles. The van der Waals surface area contributed by atoms with Gasteiger partial charge in [-0.15, -0.1) is 11.3 Å². The van der Waals surface area contributed by atoms with E-state index in [0.29, 0.717) is 29.0 Å². The van der Waals surface area contributed by atoms with Gasteiger partial charge in [-0.25, -0.2) is 4.39 Å². The number of nitrogens with one attached hydrogen (secondary N) is 2. The van der Waals surface area contributed by atoms with E-state index in [1.165, 1.54) is 17.0 Å². The van der Waals surface area contributed by atoms with Crippen LogP contribution in [0.5, 0.6) is 0 Å². The molecule has 0 bridgehead atoms. The van der Waals surface area contributed by atoms with Crippen LogP contribution in [0.2, 0.25) is 0 Å². The number of carbonyl (C=O) groups is 2. The highest BCUT2D eigenvalue weighted by molar-refractivity contribution is 7.10. The zero-order valence-corrected chi connectivity index (χ0v) is 19.8. The van der Waals surface area contributed by atoms with E-state index in [1.54, 1.807) is 23.5 Å². The van der Waals surface area contributed by atoms with E-state index in [4.69, 9.17) is 0 Å². The Kier molecular flexibility index (Phi) is 5.92. The van der Waals surface area contributed by atoms with E-state index < -0.39 is 11.7 Å². The first-order valence-corrected chi connectivity index (χ1v) is 12.2. The van der Waals surface area contributed by atoms with Crippen molar-refractivity contribution in [1.82, 2.24) is 5.32 Å². The molecule has 3 aromatic rings. The lowest BCUT2D eigenvalue weighted by Crippen LogP contribution is -2.37. The number of ketones is 1. The molecule has 0 spiro atoms. The number of thiophene rings is 1. The van der Waals surface area contributed by atoms with Crippen molar-refractivity contribution >= 4 is 28.7 Å². The summed E-state index contributed by atoms with van der Waals surface area (Å²) >= 11 is 1.67. The molecule has 1 amide bonds. The Morgan fingerprint density at radius 1 is 1.06 bits per heavy atom. The molecule has 0 fully saturated rings. The Balaban J connectivity index is 1.56. The number of carbonyl (C=O) groups excluding carboxylic acids is 2. The summed E-state index contributed by atoms with van der Waals surface area (Å²) in [6.45, 7) is 3.87. The van der Waals surface area contributed by atoms with Crippen molar-refractivity contribution in [3.05, 3.63) is 110 Å². The highest BCUT2D eigenvalue weighted by Gasteiger charge is 2.41. The summed E-state index contributed by atoms with van der Waals surface area (Å²) in [5, 5.41) is 8.25. The van der Waals surface area contributed by atoms with Gasteiger partial charge in [0.2, 0.25) is 0 Å². The largest absolute Gasteiger partial charge is 0.362 e. The molecular weight excluding hydrogens is 447 g/mol. The van der Waals surface area contributed by atoms with Gasteiger partial charge < -0.3 is 10.6 Å². The minimum Gasteiger partial charge on any atom is -0.362 e. The Hall–Kier alpha value is -3.51. The first-order valence-electron chi connectivity index (χ1n) is 11.3. The van der Waals surface area contributed by atoms with Crippen LogP contribution in [0.1, 0.15) is 47.6 Å². The monoisotopic (exact) mass is 472 g/mol. The molecule has 0 radical (unpaired) electrons. The Morgan fingerprint density at radius 3 is 2.56 bits per heavy atom. The lowest BCUT2D eigenvalue weighted by molar-refractivity contribution is -0.116. The van der Waals surface area contributed by atoms with Gasteiger partial charge in [0.25, 0.3) is 5.91 Å². The lowest BCUT2D eigenvalue weighted by atomic mass is 9.72. The van der Waals surface area contributed by atoms with Crippen LogP contribution < -0.4 is 10.6 Å². The third-order valence-electron chi connectivity index (χ3n) is 6.51. The Bertz CT molecular complexity index is 1320. The summed E-state index contributed by atoms with van der Waals surface area (Å²) in [6, 6.07) is 17.9. The van der Waals surface area contributed by atoms with Crippen molar-refractivity contribution in [3.63, 3.8) is 0 Å². The van der Waals surface area contributed by atoms with Crippen LogP contribution in [0, 0.1) is 12.7 Å². The SMILES string of the molecule is CC1=C(C(=O)Nc2cccc(F)c2)[C@@H](c2ccc(C)cc2)C2=C(C[C@@H](c3cccs3)CC2=O)N1. The van der Waals surface area contributed by atoms with E-state index in [-0.39, 0.29) is 17.6 Å². The van der Waals surface area contributed by atoms with Gasteiger partial charge in [-0.3, -0.25) is 9.59 Å². The van der Waals surface area contributed by atoms with Gasteiger partial charge in [-0.2, -0.15) is 0 Å². The van der Waals surface area contributed by atoms with Gasteiger partial charge in [-0.05, 0) is 55.5 Å². The smallest absolute Gasteiger partial charge is 0.254 e. The molecule has 0 unspecified atom stereocenters. The van der Waals surface area contributed by atoms with E-state index in [9.17, 15) is 14.0 Å². The van der Waals surface area contributed by atoms with Crippen LogP contribution in [0.25, 0.3) is 0 Å². The maximum atomic E-state index is 13.7. The van der Waals surface area contributed by atoms with Gasteiger partial charge in [-0.1, -0.05) is 42.0 Å². The van der Waals surface area contributed by atoms with Gasteiger partial charge in [0, 0.05) is 51.4 Å². The van der Waals surface area contributed by atoms with Gasteiger partial charge >= 0.3 is 0 Å². The summed E-state index contributed by atoms with van der Waals surface area (Å²) in [7, 11) is 0. The molecule has 2 aromatic carbocycles. The number of hydrogen-bond acceptors (Lipinski definition) is 4. The number of rotatable bonds is 4. The second kappa shape index (κ2) is 9.03. The van der Waals surface area contributed by atoms with Crippen LogP contribution in [-0.4, -0.2) is 11.7 Å². The van der Waals surface area contributed by atoms with E-state index in [1.807, 2.05) is 49.6 Å². The van der Waals surface area contributed by atoms with Crippen molar-refractivity contribution in [2.45, 2.75) is 38.5 Å². The van der Waals surface area contributed by atoms with Crippen LogP contribution in [-0.2, 0) is 9.59 Å². The molecule has 4 nitrogen and oxygen atoms in total. The molecule has 2 aliphatic rings. The number of aryl methyl sites for hydroxylation is 1. The topological polar surface area (TPSA) is 58.2 Å². The number of dihydropyridines is 1. The lowest BCUT2D eigenvalue weighted by Gasteiger charge is -2.36. The van der Waals surface area contributed by atoms with E-state index >= 15 is 0 Å². The van der Waals surface area contributed by atoms with Crippen LogP contribution in [0.15, 0.2) is 88.6 Å². The second-order valence-electron chi connectivity index (χ2n) is 8.91. The van der Waals surface area contributed by atoms with Crippen LogP contribution in [0.3, 0.4) is 0 Å². The average Bonchev–Trinajstić information content (AvgIpc) is 3.33. The fourth-order valence-corrected chi connectivity index (χ4v) is 5.75. The number of amides is 1. The summed E-state index contributed by atoms with van der Waals surface area (Å²) in [4.78, 5) is 28.3. The minimum absolute atomic E-state index is 0.0567. The maximum absolute atomic E-state index is 13.7. The summed E-state index contributed by atoms with van der Waals surface area (Å²) in [6.07, 6.45) is 1.14. The zero-order chi connectivity index (χ0) is 23.8. The predicted molar refractivity (Wildman–Crippen MR) is 133 cm³/mol. The van der Waals surface area contributed by atoms with Crippen LogP contribution in [0.4, 0.5) is 10.1 Å².